The number of hydrogen-bond acceptors (Lipinski definition) is 3. The van der Waals surface area contributed by atoms with Crippen LogP contribution in [-0.2, 0) is 6.61 Å². The maximum Gasteiger partial charge on any atom is 0.126 e. The molecule has 0 amide bonds. The molecule has 0 heterocycles. The molecule has 1 rings (SSSR count). The van der Waals surface area contributed by atoms with Crippen molar-refractivity contribution in [3.63, 3.8) is 0 Å². The molecule has 0 saturated carbocycles. The standard InChI is InChI=1S/C12H18ClNO2/c1-14(2)7-4-8-16-12-6-3-5-11(13)10(12)9-15/h3,5-6,15H,4,7-9H2,1-2H3. The van der Waals surface area contributed by atoms with E-state index < -0.39 is 0 Å². The predicted octanol–water partition coefficient (Wildman–Crippen LogP) is 2.16. The summed E-state index contributed by atoms with van der Waals surface area (Å²) in [6.07, 6.45) is 0.949. The Balaban J connectivity index is 2.50. The summed E-state index contributed by atoms with van der Waals surface area (Å²) in [5.41, 5.74) is 0.661. The minimum absolute atomic E-state index is 0.0946. The van der Waals surface area contributed by atoms with Crippen molar-refractivity contribution in [1.82, 2.24) is 4.90 Å². The first-order chi connectivity index (χ1) is 7.65. The second kappa shape index (κ2) is 6.74. The first-order valence-corrected chi connectivity index (χ1v) is 5.68. The Bertz CT molecular complexity index is 329. The topological polar surface area (TPSA) is 32.7 Å². The molecule has 0 spiro atoms. The lowest BCUT2D eigenvalue weighted by Crippen LogP contribution is -2.15. The Morgan fingerprint density at radius 1 is 1.38 bits per heavy atom. The minimum atomic E-state index is -0.0946. The molecule has 1 aromatic rings. The summed E-state index contributed by atoms with van der Waals surface area (Å²) in [5, 5.41) is 9.72. The fourth-order valence-electron chi connectivity index (χ4n) is 1.39. The molecule has 4 heteroatoms. The predicted molar refractivity (Wildman–Crippen MR) is 66.0 cm³/mol. The normalized spacial score (nSPS) is 10.8. The Kier molecular flexibility index (Phi) is 5.60. The van der Waals surface area contributed by atoms with Gasteiger partial charge in [-0.25, -0.2) is 0 Å². The quantitative estimate of drug-likeness (QED) is 0.778. The molecule has 0 unspecified atom stereocenters. The van der Waals surface area contributed by atoms with Crippen LogP contribution in [0.2, 0.25) is 5.02 Å². The maximum atomic E-state index is 9.17. The number of hydrogen-bond donors (Lipinski definition) is 1. The third-order valence-electron chi connectivity index (χ3n) is 2.24. The molecule has 0 aliphatic rings. The van der Waals surface area contributed by atoms with E-state index in [1.807, 2.05) is 26.2 Å². The molecule has 0 atom stereocenters. The van der Waals surface area contributed by atoms with E-state index >= 15 is 0 Å². The van der Waals surface area contributed by atoms with Crippen molar-refractivity contribution in [3.05, 3.63) is 28.8 Å². The van der Waals surface area contributed by atoms with Gasteiger partial charge in [0.25, 0.3) is 0 Å². The summed E-state index contributed by atoms with van der Waals surface area (Å²) in [6.45, 7) is 1.52. The molecule has 0 aliphatic carbocycles. The monoisotopic (exact) mass is 243 g/mol. The second-order valence-corrected chi connectivity index (χ2v) is 4.29. The molecule has 16 heavy (non-hydrogen) atoms. The number of rotatable bonds is 6. The maximum absolute atomic E-state index is 9.17. The average Bonchev–Trinajstić information content (AvgIpc) is 2.24. The van der Waals surface area contributed by atoms with Crippen LogP contribution in [0.1, 0.15) is 12.0 Å². The number of nitrogens with zero attached hydrogens (tertiary/aromatic N) is 1. The van der Waals surface area contributed by atoms with Gasteiger partial charge in [-0.3, -0.25) is 0 Å². The van der Waals surface area contributed by atoms with E-state index in [2.05, 4.69) is 4.90 Å². The molecule has 3 nitrogen and oxygen atoms in total. The highest BCUT2D eigenvalue weighted by molar-refractivity contribution is 6.31. The van der Waals surface area contributed by atoms with Crippen molar-refractivity contribution in [3.8, 4) is 5.75 Å². The van der Waals surface area contributed by atoms with Crippen LogP contribution < -0.4 is 4.74 Å². The molecule has 0 bridgehead atoms. The Hall–Kier alpha value is -0.770. The van der Waals surface area contributed by atoms with Gasteiger partial charge in [0, 0.05) is 17.1 Å². The first-order valence-electron chi connectivity index (χ1n) is 5.31. The SMILES string of the molecule is CN(C)CCCOc1cccc(Cl)c1CO. The van der Waals surface area contributed by atoms with Gasteiger partial charge in [-0.05, 0) is 32.6 Å². The molecule has 0 aliphatic heterocycles. The highest BCUT2D eigenvalue weighted by atomic mass is 35.5. The van der Waals surface area contributed by atoms with Gasteiger partial charge in [0.1, 0.15) is 5.75 Å². The molecular weight excluding hydrogens is 226 g/mol. The number of aliphatic hydroxyl groups is 1. The van der Waals surface area contributed by atoms with Gasteiger partial charge in [0.15, 0.2) is 0 Å². The zero-order valence-corrected chi connectivity index (χ0v) is 10.5. The highest BCUT2D eigenvalue weighted by Crippen LogP contribution is 2.26. The van der Waals surface area contributed by atoms with Crippen LogP contribution in [0.15, 0.2) is 18.2 Å². The fraction of sp³-hybridized carbons (Fsp3) is 0.500. The van der Waals surface area contributed by atoms with Crippen molar-refractivity contribution >= 4 is 11.6 Å². The molecule has 0 saturated heterocycles. The van der Waals surface area contributed by atoms with Crippen LogP contribution in [0.3, 0.4) is 0 Å². The van der Waals surface area contributed by atoms with Gasteiger partial charge < -0.3 is 14.7 Å². The molecule has 90 valence electrons. The summed E-state index contributed by atoms with van der Waals surface area (Å²) >= 11 is 5.94. The fourth-order valence-corrected chi connectivity index (χ4v) is 1.62. The number of benzene rings is 1. The average molecular weight is 244 g/mol. The summed E-state index contributed by atoms with van der Waals surface area (Å²) in [5.74, 6) is 0.675. The van der Waals surface area contributed by atoms with Gasteiger partial charge in [0.05, 0.1) is 13.2 Å². The third kappa shape index (κ3) is 4.00. The van der Waals surface area contributed by atoms with Gasteiger partial charge >= 0.3 is 0 Å². The van der Waals surface area contributed by atoms with Crippen LogP contribution in [-0.4, -0.2) is 37.3 Å². The Labute approximate surface area is 102 Å². The lowest BCUT2D eigenvalue weighted by Gasteiger charge is -2.13. The lowest BCUT2D eigenvalue weighted by atomic mass is 10.2. The molecule has 0 fully saturated rings. The van der Waals surface area contributed by atoms with E-state index in [-0.39, 0.29) is 6.61 Å². The zero-order valence-electron chi connectivity index (χ0n) is 9.74. The van der Waals surface area contributed by atoms with Gasteiger partial charge in [-0.15, -0.1) is 0 Å². The zero-order chi connectivity index (χ0) is 12.0. The summed E-state index contributed by atoms with van der Waals surface area (Å²) in [7, 11) is 4.05. The van der Waals surface area contributed by atoms with E-state index in [4.69, 9.17) is 16.3 Å². The Morgan fingerprint density at radius 3 is 2.75 bits per heavy atom. The number of ether oxygens (including phenoxy) is 1. The molecule has 0 radical (unpaired) electrons. The lowest BCUT2D eigenvalue weighted by molar-refractivity contribution is 0.253. The van der Waals surface area contributed by atoms with Crippen molar-refractivity contribution < 1.29 is 9.84 Å². The Morgan fingerprint density at radius 2 is 2.12 bits per heavy atom. The summed E-state index contributed by atoms with van der Waals surface area (Å²) in [6, 6.07) is 5.40. The van der Waals surface area contributed by atoms with E-state index in [0.29, 0.717) is 22.9 Å². The van der Waals surface area contributed by atoms with Crippen molar-refractivity contribution in [2.45, 2.75) is 13.0 Å². The summed E-state index contributed by atoms with van der Waals surface area (Å²) in [4.78, 5) is 2.11. The molecule has 1 N–H and O–H groups in total. The number of aliphatic hydroxyl groups excluding tert-OH is 1. The van der Waals surface area contributed by atoms with Crippen LogP contribution >= 0.6 is 11.6 Å². The van der Waals surface area contributed by atoms with Crippen molar-refractivity contribution in [2.75, 3.05) is 27.2 Å². The molecule has 1 aromatic carbocycles. The second-order valence-electron chi connectivity index (χ2n) is 3.88. The summed E-state index contributed by atoms with van der Waals surface area (Å²) < 4.78 is 5.59. The van der Waals surface area contributed by atoms with Gasteiger partial charge in [0.2, 0.25) is 0 Å². The highest BCUT2D eigenvalue weighted by Gasteiger charge is 2.06. The van der Waals surface area contributed by atoms with Crippen molar-refractivity contribution in [1.29, 1.82) is 0 Å². The van der Waals surface area contributed by atoms with Crippen LogP contribution in [0.4, 0.5) is 0 Å². The smallest absolute Gasteiger partial charge is 0.126 e. The van der Waals surface area contributed by atoms with Crippen LogP contribution in [0, 0.1) is 0 Å². The molecule has 0 aromatic heterocycles. The van der Waals surface area contributed by atoms with Crippen molar-refractivity contribution in [2.24, 2.45) is 0 Å². The minimum Gasteiger partial charge on any atom is -0.493 e. The van der Waals surface area contributed by atoms with Gasteiger partial charge in [-0.2, -0.15) is 0 Å². The van der Waals surface area contributed by atoms with Crippen LogP contribution in [0.25, 0.3) is 0 Å². The van der Waals surface area contributed by atoms with E-state index in [1.165, 1.54) is 0 Å². The molecular formula is C12H18ClNO2. The van der Waals surface area contributed by atoms with E-state index in [9.17, 15) is 5.11 Å². The van der Waals surface area contributed by atoms with Crippen LogP contribution in [0.5, 0.6) is 5.75 Å². The van der Waals surface area contributed by atoms with E-state index in [0.717, 1.165) is 13.0 Å². The number of halogens is 1. The largest absolute Gasteiger partial charge is 0.493 e. The van der Waals surface area contributed by atoms with E-state index in [1.54, 1.807) is 6.07 Å². The first kappa shape index (κ1) is 13.3. The third-order valence-corrected chi connectivity index (χ3v) is 2.60. The van der Waals surface area contributed by atoms with Gasteiger partial charge in [-0.1, -0.05) is 17.7 Å².